The quantitative estimate of drug-likeness (QED) is 0.0219. The standard InChI is InChI=1S/C43H51F3N6O3.C28H33F3N2O3.C15H20N4O.ClH/c1-5-29-21-36-37(49-42(29)54)20-28(24-47-36)25-50-14-16-51(17-15-50)38(53)13-7-6-10-18-55-30-22-33(44)39(34(45)23-30)41-40-32(31-11-8-9-12-35(31)48-40)19-27(2)52(41)26-43(3,4)46;1-17-13-20-19-9-6-7-10-23(19)32-26(20)27(33(17)16-28(2,3)31)25-21(29)14-18(15-22(25)30)36-12-8-4-5-11-24(34)35;1-2-12-8-13-14(18-15(12)20)7-11(9-17-13)10-19-5-3-16-4-6-19;/h8-9,11-12,20-24,27,41,48H,5-7,10,13-19,25-26H2,1-4H3,(H,49,54);6-7,9-10,14-15,17,27,32H,4-5,8,11-13,16H2,1-3H3,(H,34,35);7-9,16H,2-6,10H2,1H3,(H,18,20);1H/t27-,41-;17-,27-;;/m11../s1. The van der Waals surface area contributed by atoms with Crippen LogP contribution in [0.2, 0.25) is 0 Å². The zero-order valence-corrected chi connectivity index (χ0v) is 66.1. The van der Waals surface area contributed by atoms with Crippen LogP contribution in [0.1, 0.15) is 175 Å². The fourth-order valence-corrected chi connectivity index (χ4v) is 16.0. The van der Waals surface area contributed by atoms with E-state index in [1.54, 1.807) is 0 Å². The molecule has 14 rings (SSSR count). The van der Waals surface area contributed by atoms with E-state index in [-0.39, 0.29) is 96.9 Å². The minimum absolute atomic E-state index is 0. The van der Waals surface area contributed by atoms with E-state index in [0.29, 0.717) is 88.8 Å². The number of pyridine rings is 4. The van der Waals surface area contributed by atoms with Gasteiger partial charge in [-0.05, 0) is 164 Å². The molecule has 0 unspecified atom stereocenters. The Morgan fingerprint density at radius 3 is 1.36 bits per heavy atom. The van der Waals surface area contributed by atoms with Crippen molar-refractivity contribution in [3.05, 3.63) is 209 Å². The zero-order chi connectivity index (χ0) is 78.8. The molecule has 0 radical (unpaired) electrons. The number of fused-ring (bicyclic) bond motifs is 8. The summed E-state index contributed by atoms with van der Waals surface area (Å²) in [6.07, 6.45) is 10.8. The van der Waals surface area contributed by atoms with Crippen LogP contribution in [0.3, 0.4) is 0 Å². The van der Waals surface area contributed by atoms with Crippen LogP contribution in [0.5, 0.6) is 11.5 Å². The van der Waals surface area contributed by atoms with Gasteiger partial charge < -0.3 is 44.7 Å². The second kappa shape index (κ2) is 37.2. The van der Waals surface area contributed by atoms with Crippen LogP contribution in [-0.4, -0.2) is 173 Å². The number of aromatic nitrogens is 6. The molecule has 26 heteroatoms. The summed E-state index contributed by atoms with van der Waals surface area (Å²) in [5, 5.41) is 14.1. The summed E-state index contributed by atoms with van der Waals surface area (Å²) < 4.78 is 104. The largest absolute Gasteiger partial charge is 0.493 e. The van der Waals surface area contributed by atoms with E-state index in [9.17, 15) is 23.6 Å². The molecule has 112 heavy (non-hydrogen) atoms. The minimum atomic E-state index is -1.58. The molecule has 6 aromatic heterocycles. The van der Waals surface area contributed by atoms with E-state index in [1.807, 2.05) is 128 Å². The molecule has 1 amide bonds. The van der Waals surface area contributed by atoms with Crippen molar-refractivity contribution in [3.8, 4) is 11.5 Å². The molecule has 2 saturated heterocycles. The van der Waals surface area contributed by atoms with E-state index in [2.05, 4.69) is 45.0 Å². The number of H-pyrrole nitrogens is 4. The monoisotopic (exact) mass is 1570 g/mol. The molecule has 4 atom stereocenters. The predicted octanol–water partition coefficient (Wildman–Crippen LogP) is 15.5. The average molecular weight is 1570 g/mol. The third-order valence-corrected chi connectivity index (χ3v) is 21.6. The molecule has 19 nitrogen and oxygen atoms in total. The summed E-state index contributed by atoms with van der Waals surface area (Å²) in [5.41, 5.74) is 8.56. The van der Waals surface area contributed by atoms with Gasteiger partial charge in [0, 0.05) is 196 Å². The maximum atomic E-state index is 16.0. The molecular weight excluding hydrogens is 1460 g/mol. The Kier molecular flexibility index (Phi) is 27.9. The lowest BCUT2D eigenvalue weighted by Crippen LogP contribution is -2.48. The molecule has 0 spiro atoms. The number of benzene rings is 4. The second-order valence-electron chi connectivity index (χ2n) is 31.3. The smallest absolute Gasteiger partial charge is 0.303 e. The summed E-state index contributed by atoms with van der Waals surface area (Å²) in [4.78, 5) is 79.6. The molecule has 10 heterocycles. The Labute approximate surface area is 655 Å². The van der Waals surface area contributed by atoms with Crippen molar-refractivity contribution in [2.24, 2.45) is 0 Å². The Hall–Kier alpha value is -9.11. The fourth-order valence-electron chi connectivity index (χ4n) is 16.0. The summed E-state index contributed by atoms with van der Waals surface area (Å²) >= 11 is 0. The fraction of sp³-hybridized carbons (Fsp3) is 0.465. The van der Waals surface area contributed by atoms with E-state index < -0.39 is 52.7 Å². The molecule has 0 aliphatic carbocycles. The van der Waals surface area contributed by atoms with Gasteiger partial charge in [0.25, 0.3) is 11.1 Å². The first-order valence-electron chi connectivity index (χ1n) is 39.2. The zero-order valence-electron chi connectivity index (χ0n) is 65.3. The number of nitrogens with zero attached hydrogens (tertiary/aromatic N) is 7. The van der Waals surface area contributed by atoms with E-state index in [1.165, 1.54) is 52.0 Å². The molecule has 4 aromatic carbocycles. The lowest BCUT2D eigenvalue weighted by Gasteiger charge is -2.43. The van der Waals surface area contributed by atoms with Crippen LogP contribution in [-0.2, 0) is 48.4 Å². The number of halogens is 7. The molecule has 0 bridgehead atoms. The predicted molar refractivity (Wildman–Crippen MR) is 429 cm³/mol. The highest BCUT2D eigenvalue weighted by Crippen LogP contribution is 2.46. The van der Waals surface area contributed by atoms with E-state index >= 15 is 22.0 Å². The summed E-state index contributed by atoms with van der Waals surface area (Å²) in [5.74, 6) is -3.52. The molecule has 0 saturated carbocycles. The molecule has 4 aliphatic heterocycles. The van der Waals surface area contributed by atoms with Gasteiger partial charge in [-0.1, -0.05) is 50.2 Å². The van der Waals surface area contributed by atoms with Crippen LogP contribution in [0.25, 0.3) is 43.9 Å². The number of carbonyl (C=O) groups is 2. The van der Waals surface area contributed by atoms with Gasteiger partial charge in [-0.2, -0.15) is 0 Å². The normalized spacial score (nSPS) is 17.9. The number of carbonyl (C=O) groups excluding carboxylic acids is 1. The molecule has 2 fully saturated rings. The third-order valence-electron chi connectivity index (χ3n) is 21.6. The molecule has 10 aromatic rings. The number of aromatic amines is 4. The number of alkyl halides is 2. The maximum absolute atomic E-state index is 16.0. The number of carboxylic acid groups (broad SMARTS) is 1. The molecule has 6 N–H and O–H groups in total. The average Bonchev–Trinajstić information content (AvgIpc) is 1.59. The highest BCUT2D eigenvalue weighted by Gasteiger charge is 2.43. The maximum Gasteiger partial charge on any atom is 0.303 e. The lowest BCUT2D eigenvalue weighted by atomic mass is 9.87. The van der Waals surface area contributed by atoms with Gasteiger partial charge in [0.2, 0.25) is 5.91 Å². The Bertz CT molecular complexity index is 5000. The van der Waals surface area contributed by atoms with E-state index in [4.69, 9.17) is 14.6 Å². The number of nitrogens with one attached hydrogen (secondary N) is 5. The highest BCUT2D eigenvalue weighted by molar-refractivity contribution is 5.87. The number of aliphatic carboxylic acids is 1. The number of unbranched alkanes of at least 4 members (excludes halogenated alkanes) is 4. The number of hydrogen-bond acceptors (Lipinski definition) is 13. The van der Waals surface area contributed by atoms with Gasteiger partial charge in [0.05, 0.1) is 47.4 Å². The SMILES string of the molecule is CCc1cc2ncc(CN3CCN(C(=O)CCCCCOc4cc(F)c([C@@H]5c6[nH]c7ccccc7c6C[C@@H](C)N5CC(C)(C)F)c(F)c4)CC3)cc2[nH]c1=O.CCc1cc2ncc(CN3CCNCC3)cc2[nH]c1=O.C[C@@H]1Cc2c([nH]c3ccccc23)[C@@H](c2c(F)cc(OCCCCCC(=O)O)cc2F)N1CC(C)(C)F.Cl. The Balaban J connectivity index is 0.000000185. The first-order valence-corrected chi connectivity index (χ1v) is 39.2. The van der Waals surface area contributed by atoms with Crippen molar-refractivity contribution < 1.29 is 50.5 Å². The number of carboxylic acids is 1. The van der Waals surface area contributed by atoms with Crippen LogP contribution in [0.15, 0.2) is 119 Å². The highest BCUT2D eigenvalue weighted by atomic mass is 35.5. The van der Waals surface area contributed by atoms with Crippen LogP contribution >= 0.6 is 12.4 Å². The Morgan fingerprint density at radius 2 is 0.946 bits per heavy atom. The van der Waals surface area contributed by atoms with Crippen molar-refractivity contribution in [1.29, 1.82) is 0 Å². The van der Waals surface area contributed by atoms with Gasteiger partial charge >= 0.3 is 5.97 Å². The van der Waals surface area contributed by atoms with Crippen molar-refractivity contribution in [3.63, 3.8) is 0 Å². The summed E-state index contributed by atoms with van der Waals surface area (Å²) in [6.45, 7) is 22.9. The first kappa shape index (κ1) is 83.8. The number of amides is 1. The second-order valence-corrected chi connectivity index (χ2v) is 31.3. The van der Waals surface area contributed by atoms with Gasteiger partial charge in [0.15, 0.2) is 0 Å². The molecule has 600 valence electrons. The van der Waals surface area contributed by atoms with Crippen molar-refractivity contribution >= 4 is 68.2 Å². The van der Waals surface area contributed by atoms with Crippen molar-refractivity contribution in [2.45, 2.75) is 181 Å². The number of aryl methyl sites for hydroxylation is 2. The van der Waals surface area contributed by atoms with Gasteiger partial charge in [-0.3, -0.25) is 48.7 Å². The molecular formula is C86H105ClF6N12O7. The first-order chi connectivity index (χ1) is 53.2. The number of piperazine rings is 2. The molecule has 4 aliphatic rings. The number of rotatable bonds is 26. The Morgan fingerprint density at radius 1 is 0.536 bits per heavy atom. The van der Waals surface area contributed by atoms with Crippen molar-refractivity contribution in [1.82, 2.24) is 59.7 Å². The van der Waals surface area contributed by atoms with Crippen LogP contribution in [0, 0.1) is 23.3 Å². The number of para-hydroxylation sites is 2. The van der Waals surface area contributed by atoms with Gasteiger partial charge in [0.1, 0.15) is 46.1 Å². The number of ether oxygens (including phenoxy) is 2. The van der Waals surface area contributed by atoms with Crippen molar-refractivity contribution in [2.75, 3.05) is 78.7 Å². The lowest BCUT2D eigenvalue weighted by molar-refractivity contribution is -0.137. The van der Waals surface area contributed by atoms with Gasteiger partial charge in [-0.25, -0.2) is 26.3 Å². The topological polar surface area (TPSA) is 224 Å². The minimum Gasteiger partial charge on any atom is -0.493 e. The number of hydrogen-bond donors (Lipinski definition) is 6. The summed E-state index contributed by atoms with van der Waals surface area (Å²) in [7, 11) is 0. The van der Waals surface area contributed by atoms with Crippen LogP contribution < -0.4 is 25.9 Å². The van der Waals surface area contributed by atoms with Crippen LogP contribution in [0.4, 0.5) is 26.3 Å². The third kappa shape index (κ3) is 20.6. The van der Waals surface area contributed by atoms with E-state index in [0.717, 1.165) is 136 Å². The van der Waals surface area contributed by atoms with Gasteiger partial charge in [-0.15, -0.1) is 12.4 Å². The summed E-state index contributed by atoms with van der Waals surface area (Å²) in [6, 6.07) is 26.2.